The van der Waals surface area contributed by atoms with E-state index in [9.17, 15) is 0 Å². The molecule has 6 heteroatoms. The lowest BCUT2D eigenvalue weighted by Gasteiger charge is -2.27. The summed E-state index contributed by atoms with van der Waals surface area (Å²) in [4.78, 5) is 10.8. The third kappa shape index (κ3) is 4.51. The van der Waals surface area contributed by atoms with Gasteiger partial charge in [-0.25, -0.2) is 9.97 Å². The molecule has 1 saturated heterocycles. The number of nitrogens with one attached hydrogen (secondary N) is 1. The molecule has 6 nitrogen and oxygen atoms in total. The first-order valence-corrected chi connectivity index (χ1v) is 9.12. The molecule has 3 atom stereocenters. The van der Waals surface area contributed by atoms with Crippen molar-refractivity contribution in [3.05, 3.63) is 48.4 Å². The molecule has 140 valence electrons. The van der Waals surface area contributed by atoms with Gasteiger partial charge in [0, 0.05) is 38.5 Å². The fraction of sp³-hybridized carbons (Fsp3) is 0.500. The maximum absolute atomic E-state index is 5.60. The quantitative estimate of drug-likeness (QED) is 0.783. The summed E-state index contributed by atoms with van der Waals surface area (Å²) in [6, 6.07) is 10.9. The van der Waals surface area contributed by atoms with E-state index in [-0.39, 0.29) is 6.10 Å². The van der Waals surface area contributed by atoms with Crippen LogP contribution in [0, 0.1) is 0 Å². The van der Waals surface area contributed by atoms with Crippen LogP contribution in [0.1, 0.15) is 18.9 Å². The van der Waals surface area contributed by atoms with Gasteiger partial charge in [0.25, 0.3) is 0 Å². The molecule has 1 aromatic carbocycles. The zero-order valence-electron chi connectivity index (χ0n) is 15.8. The number of ether oxygens (including phenoxy) is 2. The Morgan fingerprint density at radius 3 is 2.85 bits per heavy atom. The lowest BCUT2D eigenvalue weighted by molar-refractivity contribution is 0.118. The molecular weight excluding hydrogens is 328 g/mol. The zero-order valence-corrected chi connectivity index (χ0v) is 15.8. The van der Waals surface area contributed by atoms with E-state index in [1.165, 1.54) is 5.56 Å². The van der Waals surface area contributed by atoms with E-state index in [4.69, 9.17) is 9.47 Å². The maximum atomic E-state index is 5.60. The van der Waals surface area contributed by atoms with E-state index < -0.39 is 0 Å². The highest BCUT2D eigenvalue weighted by atomic mass is 16.5. The van der Waals surface area contributed by atoms with Gasteiger partial charge in [-0.05, 0) is 37.5 Å². The Kier molecular flexibility index (Phi) is 6.41. The fourth-order valence-electron chi connectivity index (χ4n) is 3.58. The van der Waals surface area contributed by atoms with E-state index in [0.717, 1.165) is 37.5 Å². The minimum atomic E-state index is 0.237. The average Bonchev–Trinajstić information content (AvgIpc) is 3.11. The summed E-state index contributed by atoms with van der Waals surface area (Å²) in [5, 5.41) is 3.67. The van der Waals surface area contributed by atoms with Crippen LogP contribution in [0.5, 0.6) is 5.75 Å². The van der Waals surface area contributed by atoms with Crippen LogP contribution in [0.2, 0.25) is 0 Å². The Labute approximate surface area is 155 Å². The van der Waals surface area contributed by atoms with Crippen LogP contribution in [-0.4, -0.2) is 55.5 Å². The molecule has 0 amide bonds. The Balaban J connectivity index is 1.60. The zero-order chi connectivity index (χ0) is 18.4. The number of hydrogen-bond acceptors (Lipinski definition) is 6. The Bertz CT molecular complexity index is 683. The molecule has 2 aromatic rings. The highest BCUT2D eigenvalue weighted by molar-refractivity contribution is 5.40. The third-order valence-corrected chi connectivity index (χ3v) is 4.99. The van der Waals surface area contributed by atoms with Gasteiger partial charge in [0.15, 0.2) is 0 Å². The van der Waals surface area contributed by atoms with Gasteiger partial charge in [0.05, 0.1) is 13.2 Å². The monoisotopic (exact) mass is 356 g/mol. The molecule has 1 aliphatic rings. The van der Waals surface area contributed by atoms with E-state index in [1.54, 1.807) is 26.7 Å². The smallest absolute Gasteiger partial charge is 0.132 e. The van der Waals surface area contributed by atoms with Gasteiger partial charge in [-0.2, -0.15) is 0 Å². The molecule has 0 saturated carbocycles. The third-order valence-electron chi connectivity index (χ3n) is 4.99. The molecule has 26 heavy (non-hydrogen) atoms. The number of anilines is 1. The van der Waals surface area contributed by atoms with Crippen molar-refractivity contribution in [3.8, 4) is 5.75 Å². The molecule has 1 unspecified atom stereocenters. The number of rotatable bonds is 8. The van der Waals surface area contributed by atoms with Crippen molar-refractivity contribution in [2.75, 3.05) is 32.2 Å². The second-order valence-electron chi connectivity index (χ2n) is 6.79. The second kappa shape index (κ2) is 8.96. The highest BCUT2D eigenvalue weighted by Crippen LogP contribution is 2.25. The molecule has 2 heterocycles. The molecular formula is C20H28N4O2. The van der Waals surface area contributed by atoms with Crippen molar-refractivity contribution in [2.45, 2.75) is 38.0 Å². The summed E-state index contributed by atoms with van der Waals surface area (Å²) >= 11 is 0. The molecule has 0 bridgehead atoms. The van der Waals surface area contributed by atoms with Gasteiger partial charge in [0.2, 0.25) is 0 Å². The first-order chi connectivity index (χ1) is 12.7. The van der Waals surface area contributed by atoms with Crippen LogP contribution in [0.15, 0.2) is 42.9 Å². The molecule has 1 fully saturated rings. The average molecular weight is 356 g/mol. The maximum Gasteiger partial charge on any atom is 0.132 e. The minimum absolute atomic E-state index is 0.237. The molecule has 1 N–H and O–H groups in total. The molecule has 0 radical (unpaired) electrons. The van der Waals surface area contributed by atoms with Gasteiger partial charge >= 0.3 is 0 Å². The fourth-order valence-corrected chi connectivity index (χ4v) is 3.58. The molecule has 1 aromatic heterocycles. The standard InChI is InChI=1S/C20H28N4O2/c1-15(10-16-6-4-5-7-19(16)26-3)22-12-17-11-18(25-2)13-24(17)20-8-9-21-14-23-20/h4-9,14-15,17-18,22H,10-13H2,1-3H3/t15?,17-,18-/m1/s1. The normalized spacial score (nSPS) is 21.0. The van der Waals surface area contributed by atoms with E-state index in [1.807, 2.05) is 18.2 Å². The number of methoxy groups -OCH3 is 2. The van der Waals surface area contributed by atoms with Crippen molar-refractivity contribution < 1.29 is 9.47 Å². The number of hydrogen-bond donors (Lipinski definition) is 1. The van der Waals surface area contributed by atoms with Crippen LogP contribution in [0.3, 0.4) is 0 Å². The summed E-state index contributed by atoms with van der Waals surface area (Å²) in [5.41, 5.74) is 1.23. The molecule has 1 aliphatic heterocycles. The van der Waals surface area contributed by atoms with Gasteiger partial charge in [-0.15, -0.1) is 0 Å². The number of para-hydroxylation sites is 1. The molecule has 0 spiro atoms. The lowest BCUT2D eigenvalue weighted by atomic mass is 10.1. The Morgan fingerprint density at radius 2 is 2.12 bits per heavy atom. The number of aromatic nitrogens is 2. The topological polar surface area (TPSA) is 59.5 Å². The van der Waals surface area contributed by atoms with E-state index >= 15 is 0 Å². The van der Waals surface area contributed by atoms with Crippen molar-refractivity contribution in [3.63, 3.8) is 0 Å². The van der Waals surface area contributed by atoms with Gasteiger partial charge < -0.3 is 19.7 Å². The van der Waals surface area contributed by atoms with Crippen LogP contribution in [0.4, 0.5) is 5.82 Å². The van der Waals surface area contributed by atoms with Crippen LogP contribution in [0.25, 0.3) is 0 Å². The first-order valence-electron chi connectivity index (χ1n) is 9.12. The highest BCUT2D eigenvalue weighted by Gasteiger charge is 2.33. The lowest BCUT2D eigenvalue weighted by Crippen LogP contribution is -2.42. The van der Waals surface area contributed by atoms with Crippen LogP contribution >= 0.6 is 0 Å². The van der Waals surface area contributed by atoms with Gasteiger partial charge in [0.1, 0.15) is 17.9 Å². The predicted molar refractivity (Wildman–Crippen MR) is 103 cm³/mol. The van der Waals surface area contributed by atoms with E-state index in [2.05, 4.69) is 39.2 Å². The van der Waals surface area contributed by atoms with Crippen molar-refractivity contribution in [1.82, 2.24) is 15.3 Å². The first kappa shape index (κ1) is 18.6. The van der Waals surface area contributed by atoms with E-state index in [0.29, 0.717) is 12.1 Å². The van der Waals surface area contributed by atoms with Crippen molar-refractivity contribution in [2.24, 2.45) is 0 Å². The number of nitrogens with zero attached hydrogens (tertiary/aromatic N) is 3. The minimum Gasteiger partial charge on any atom is -0.496 e. The summed E-state index contributed by atoms with van der Waals surface area (Å²) in [6.45, 7) is 3.96. The van der Waals surface area contributed by atoms with Crippen molar-refractivity contribution in [1.29, 1.82) is 0 Å². The molecule has 0 aliphatic carbocycles. The number of benzene rings is 1. The predicted octanol–water partition coefficient (Wildman–Crippen LogP) is 2.30. The Hall–Kier alpha value is -2.18. The van der Waals surface area contributed by atoms with Gasteiger partial charge in [-0.1, -0.05) is 18.2 Å². The Morgan fingerprint density at radius 1 is 1.27 bits per heavy atom. The second-order valence-corrected chi connectivity index (χ2v) is 6.79. The summed E-state index contributed by atoms with van der Waals surface area (Å²) in [5.74, 6) is 1.91. The van der Waals surface area contributed by atoms with Crippen molar-refractivity contribution >= 4 is 5.82 Å². The van der Waals surface area contributed by atoms with Crippen LogP contribution in [-0.2, 0) is 11.2 Å². The largest absolute Gasteiger partial charge is 0.496 e. The molecule has 3 rings (SSSR count). The van der Waals surface area contributed by atoms with Crippen LogP contribution < -0.4 is 15.0 Å². The van der Waals surface area contributed by atoms with Gasteiger partial charge in [-0.3, -0.25) is 0 Å². The SMILES string of the molecule is COc1ccccc1CC(C)NC[C@H]1C[C@@H](OC)CN1c1ccncn1. The summed E-state index contributed by atoms with van der Waals surface area (Å²) in [6.07, 6.45) is 5.55. The summed E-state index contributed by atoms with van der Waals surface area (Å²) in [7, 11) is 3.50. The summed E-state index contributed by atoms with van der Waals surface area (Å²) < 4.78 is 11.1.